The first-order valence-corrected chi connectivity index (χ1v) is 6.38. The predicted octanol–water partition coefficient (Wildman–Crippen LogP) is 3.16. The van der Waals surface area contributed by atoms with E-state index in [-0.39, 0.29) is 29.6 Å². The van der Waals surface area contributed by atoms with Gasteiger partial charge in [-0.25, -0.2) is 13.2 Å². The Labute approximate surface area is 110 Å². The van der Waals surface area contributed by atoms with Gasteiger partial charge in [0, 0.05) is 29.7 Å². The van der Waals surface area contributed by atoms with Gasteiger partial charge in [0.15, 0.2) is 0 Å². The van der Waals surface area contributed by atoms with E-state index in [0.29, 0.717) is 12.1 Å². The van der Waals surface area contributed by atoms with E-state index in [4.69, 9.17) is 10.5 Å². The number of halogens is 3. The maximum absolute atomic E-state index is 13.8. The zero-order valence-corrected chi connectivity index (χ0v) is 11.2. The molecule has 5 unspecified atom stereocenters. The average molecular weight is 273 g/mol. The van der Waals surface area contributed by atoms with Crippen molar-refractivity contribution in [2.75, 3.05) is 0 Å². The van der Waals surface area contributed by atoms with Crippen LogP contribution in [0.15, 0.2) is 12.1 Å². The number of hydrogen-bond donors (Lipinski definition) is 1. The summed E-state index contributed by atoms with van der Waals surface area (Å²) in [5.41, 5.74) is 5.75. The Balaban J connectivity index is 2.37. The molecule has 106 valence electrons. The van der Waals surface area contributed by atoms with Gasteiger partial charge in [-0.15, -0.1) is 0 Å². The molecule has 5 heteroatoms. The van der Waals surface area contributed by atoms with Crippen LogP contribution in [0.25, 0.3) is 0 Å². The molecule has 0 bridgehead atoms. The Kier molecular flexibility index (Phi) is 3.87. The van der Waals surface area contributed by atoms with Crippen molar-refractivity contribution < 1.29 is 17.9 Å². The van der Waals surface area contributed by atoms with Gasteiger partial charge in [-0.2, -0.15) is 0 Å². The number of hydrogen-bond acceptors (Lipinski definition) is 2. The molecule has 1 aromatic carbocycles. The van der Waals surface area contributed by atoms with Crippen LogP contribution in [0.2, 0.25) is 0 Å². The van der Waals surface area contributed by atoms with Crippen LogP contribution in [0.1, 0.15) is 32.4 Å². The molecule has 2 rings (SSSR count). The van der Waals surface area contributed by atoms with E-state index >= 15 is 0 Å². The molecule has 19 heavy (non-hydrogen) atoms. The van der Waals surface area contributed by atoms with Crippen LogP contribution in [0.3, 0.4) is 0 Å². The zero-order chi connectivity index (χ0) is 14.3. The lowest BCUT2D eigenvalue weighted by Gasteiger charge is -2.26. The van der Waals surface area contributed by atoms with Crippen molar-refractivity contribution in [3.63, 3.8) is 0 Å². The summed E-state index contributed by atoms with van der Waals surface area (Å²) in [5.74, 6) is -2.95. The fourth-order valence-electron chi connectivity index (χ4n) is 2.98. The maximum atomic E-state index is 13.8. The molecule has 1 aliphatic heterocycles. The summed E-state index contributed by atoms with van der Waals surface area (Å²) in [5, 5.41) is 0. The number of benzene rings is 1. The van der Waals surface area contributed by atoms with E-state index in [1.165, 1.54) is 0 Å². The van der Waals surface area contributed by atoms with Crippen LogP contribution >= 0.6 is 0 Å². The minimum atomic E-state index is -0.942. The van der Waals surface area contributed by atoms with E-state index < -0.39 is 23.5 Å². The van der Waals surface area contributed by atoms with Crippen LogP contribution in [0, 0.1) is 29.3 Å². The van der Waals surface area contributed by atoms with Gasteiger partial charge in [0.25, 0.3) is 0 Å². The second kappa shape index (κ2) is 5.13. The highest BCUT2D eigenvalue weighted by Crippen LogP contribution is 2.40. The van der Waals surface area contributed by atoms with Gasteiger partial charge in [0.05, 0.1) is 12.2 Å². The first kappa shape index (κ1) is 14.3. The van der Waals surface area contributed by atoms with Gasteiger partial charge in [0.2, 0.25) is 0 Å². The molecular formula is C14H18F3NO. The summed E-state index contributed by atoms with van der Waals surface area (Å²) >= 11 is 0. The van der Waals surface area contributed by atoms with Gasteiger partial charge >= 0.3 is 0 Å². The molecule has 1 heterocycles. The molecule has 1 aromatic rings. The van der Waals surface area contributed by atoms with Crippen molar-refractivity contribution in [2.45, 2.75) is 39.0 Å². The normalized spacial score (nSPS) is 32.6. The molecule has 0 aromatic heterocycles. The molecule has 1 saturated heterocycles. The summed E-state index contributed by atoms with van der Waals surface area (Å²) < 4.78 is 46.1. The Morgan fingerprint density at radius 3 is 2.00 bits per heavy atom. The van der Waals surface area contributed by atoms with Gasteiger partial charge in [-0.05, 0) is 19.8 Å². The van der Waals surface area contributed by atoms with Crippen LogP contribution in [0.4, 0.5) is 13.2 Å². The van der Waals surface area contributed by atoms with Gasteiger partial charge in [-0.1, -0.05) is 6.92 Å². The maximum Gasteiger partial charge on any atom is 0.133 e. The molecule has 0 spiro atoms. The Morgan fingerprint density at radius 1 is 1.05 bits per heavy atom. The van der Waals surface area contributed by atoms with E-state index in [1.54, 1.807) is 0 Å². The molecule has 5 atom stereocenters. The van der Waals surface area contributed by atoms with E-state index in [1.807, 2.05) is 20.8 Å². The van der Waals surface area contributed by atoms with Crippen molar-refractivity contribution in [1.29, 1.82) is 0 Å². The van der Waals surface area contributed by atoms with E-state index in [0.717, 1.165) is 0 Å². The topological polar surface area (TPSA) is 35.2 Å². The van der Waals surface area contributed by atoms with Crippen molar-refractivity contribution >= 4 is 0 Å². The summed E-state index contributed by atoms with van der Waals surface area (Å²) in [6, 6.07) is 0.468. The highest BCUT2D eigenvalue weighted by molar-refractivity contribution is 5.25. The first-order valence-electron chi connectivity index (χ1n) is 6.38. The predicted molar refractivity (Wildman–Crippen MR) is 65.9 cm³/mol. The van der Waals surface area contributed by atoms with Crippen LogP contribution in [0.5, 0.6) is 0 Å². The lowest BCUT2D eigenvalue weighted by atomic mass is 9.80. The van der Waals surface area contributed by atoms with Crippen LogP contribution in [-0.2, 0) is 4.74 Å². The van der Waals surface area contributed by atoms with Crippen LogP contribution < -0.4 is 5.73 Å². The molecular weight excluding hydrogens is 255 g/mol. The quantitative estimate of drug-likeness (QED) is 0.898. The first-order chi connectivity index (χ1) is 8.82. The fraction of sp³-hybridized carbons (Fsp3) is 0.571. The van der Waals surface area contributed by atoms with Crippen molar-refractivity contribution in [2.24, 2.45) is 17.6 Å². The zero-order valence-electron chi connectivity index (χ0n) is 11.2. The molecule has 0 radical (unpaired) electrons. The molecule has 0 amide bonds. The third-order valence-corrected chi connectivity index (χ3v) is 4.11. The Bertz CT molecular complexity index is 457. The second-order valence-corrected chi connectivity index (χ2v) is 5.29. The van der Waals surface area contributed by atoms with Gasteiger partial charge in [0.1, 0.15) is 17.5 Å². The fourth-order valence-corrected chi connectivity index (χ4v) is 2.98. The smallest absolute Gasteiger partial charge is 0.133 e. The minimum absolute atomic E-state index is 0.0161. The molecule has 1 fully saturated rings. The lowest BCUT2D eigenvalue weighted by Crippen LogP contribution is -2.32. The van der Waals surface area contributed by atoms with Crippen molar-refractivity contribution in [3.05, 3.63) is 35.1 Å². The minimum Gasteiger partial charge on any atom is -0.375 e. The molecule has 0 saturated carbocycles. The SMILES string of the molecule is CC1OC(C)C(C(N)c2c(F)cc(F)cc2F)C1C. The van der Waals surface area contributed by atoms with E-state index in [9.17, 15) is 13.2 Å². The van der Waals surface area contributed by atoms with Gasteiger partial charge < -0.3 is 10.5 Å². The lowest BCUT2D eigenvalue weighted by molar-refractivity contribution is 0.0487. The Hall–Kier alpha value is -1.07. The summed E-state index contributed by atoms with van der Waals surface area (Å²) in [6.07, 6.45) is -0.207. The molecule has 2 N–H and O–H groups in total. The third kappa shape index (κ3) is 2.49. The second-order valence-electron chi connectivity index (χ2n) is 5.29. The monoisotopic (exact) mass is 273 g/mol. The van der Waals surface area contributed by atoms with Crippen molar-refractivity contribution in [1.82, 2.24) is 0 Å². The standard InChI is InChI=1S/C14H18F3NO/c1-6-7(2)19-8(3)12(6)14(18)13-10(16)4-9(15)5-11(13)17/h4-8,12,14H,18H2,1-3H3. The number of nitrogens with two attached hydrogens (primary N) is 1. The molecule has 0 aliphatic carbocycles. The summed E-state index contributed by atoms with van der Waals surface area (Å²) in [4.78, 5) is 0. The molecule has 2 nitrogen and oxygen atoms in total. The summed E-state index contributed by atoms with van der Waals surface area (Å²) in [7, 11) is 0. The summed E-state index contributed by atoms with van der Waals surface area (Å²) in [6.45, 7) is 5.69. The number of rotatable bonds is 2. The third-order valence-electron chi connectivity index (χ3n) is 4.11. The largest absolute Gasteiger partial charge is 0.375 e. The van der Waals surface area contributed by atoms with Crippen LogP contribution in [-0.4, -0.2) is 12.2 Å². The highest BCUT2D eigenvalue weighted by atomic mass is 19.1. The number of ether oxygens (including phenoxy) is 1. The molecule has 1 aliphatic rings. The highest BCUT2D eigenvalue weighted by Gasteiger charge is 2.42. The average Bonchev–Trinajstić information content (AvgIpc) is 2.51. The van der Waals surface area contributed by atoms with Gasteiger partial charge in [-0.3, -0.25) is 0 Å². The van der Waals surface area contributed by atoms with E-state index in [2.05, 4.69) is 0 Å². The Morgan fingerprint density at radius 2 is 1.58 bits per heavy atom. The van der Waals surface area contributed by atoms with Crippen molar-refractivity contribution in [3.8, 4) is 0 Å².